The third kappa shape index (κ3) is 6.24. The zero-order valence-electron chi connectivity index (χ0n) is 15.0. The molecule has 0 bridgehead atoms. The van der Waals surface area contributed by atoms with E-state index in [4.69, 9.17) is 5.14 Å². The van der Waals surface area contributed by atoms with E-state index in [0.29, 0.717) is 17.5 Å². The highest BCUT2D eigenvalue weighted by Crippen LogP contribution is 2.29. The van der Waals surface area contributed by atoms with E-state index >= 15 is 0 Å². The van der Waals surface area contributed by atoms with Crippen LogP contribution in [0.1, 0.15) is 29.7 Å². The van der Waals surface area contributed by atoms with Gasteiger partial charge in [-0.3, -0.25) is 0 Å². The predicted molar refractivity (Wildman–Crippen MR) is 97.9 cm³/mol. The van der Waals surface area contributed by atoms with E-state index in [1.54, 1.807) is 19.1 Å². The van der Waals surface area contributed by atoms with Crippen LogP contribution in [0.2, 0.25) is 0 Å². The van der Waals surface area contributed by atoms with Gasteiger partial charge in [0, 0.05) is 6.54 Å². The average molecular weight is 415 g/mol. The van der Waals surface area contributed by atoms with Crippen LogP contribution in [0.4, 0.5) is 18.0 Å². The number of urea groups is 1. The first-order valence-corrected chi connectivity index (χ1v) is 9.85. The first-order valence-electron chi connectivity index (χ1n) is 8.30. The molecule has 0 heterocycles. The van der Waals surface area contributed by atoms with Gasteiger partial charge in [-0.15, -0.1) is 0 Å². The molecule has 6 nitrogen and oxygen atoms in total. The van der Waals surface area contributed by atoms with E-state index in [-0.39, 0.29) is 17.5 Å². The minimum absolute atomic E-state index is 0.0237. The summed E-state index contributed by atoms with van der Waals surface area (Å²) in [6, 6.07) is 9.72. The topological polar surface area (TPSA) is 101 Å². The number of amides is 2. The Hall–Kier alpha value is -2.59. The molecule has 0 aliphatic carbocycles. The van der Waals surface area contributed by atoms with E-state index in [0.717, 1.165) is 12.1 Å². The fraction of sp³-hybridized carbons (Fsp3) is 0.278. The van der Waals surface area contributed by atoms with E-state index in [1.165, 1.54) is 24.3 Å². The molecule has 4 N–H and O–H groups in total. The number of primary sulfonamides is 1. The number of halogens is 3. The van der Waals surface area contributed by atoms with Crippen LogP contribution in [0, 0.1) is 0 Å². The molecule has 28 heavy (non-hydrogen) atoms. The van der Waals surface area contributed by atoms with Crippen LogP contribution >= 0.6 is 0 Å². The number of hydrogen-bond donors (Lipinski definition) is 3. The second-order valence-electron chi connectivity index (χ2n) is 6.18. The summed E-state index contributed by atoms with van der Waals surface area (Å²) in [5.41, 5.74) is 0.634. The number of hydrogen-bond acceptors (Lipinski definition) is 3. The maximum absolute atomic E-state index is 12.5. The fourth-order valence-corrected chi connectivity index (χ4v) is 2.97. The van der Waals surface area contributed by atoms with Gasteiger partial charge in [0.05, 0.1) is 16.5 Å². The quantitative estimate of drug-likeness (QED) is 0.676. The molecule has 0 aromatic heterocycles. The van der Waals surface area contributed by atoms with Crippen LogP contribution in [0.25, 0.3) is 0 Å². The van der Waals surface area contributed by atoms with Gasteiger partial charge in [0.2, 0.25) is 10.0 Å². The first-order chi connectivity index (χ1) is 13.0. The van der Waals surface area contributed by atoms with Gasteiger partial charge in [-0.25, -0.2) is 18.4 Å². The second-order valence-corrected chi connectivity index (χ2v) is 7.74. The van der Waals surface area contributed by atoms with E-state index in [2.05, 4.69) is 10.6 Å². The number of nitrogens with one attached hydrogen (secondary N) is 2. The molecular weight excluding hydrogens is 395 g/mol. The molecule has 152 valence electrons. The Kier molecular flexibility index (Phi) is 6.68. The van der Waals surface area contributed by atoms with Gasteiger partial charge in [-0.1, -0.05) is 24.3 Å². The van der Waals surface area contributed by atoms with Crippen molar-refractivity contribution in [2.45, 2.75) is 30.5 Å². The molecule has 0 unspecified atom stereocenters. The standard InChI is InChI=1S/C18H20F3N3O3S/c1-12(14-4-8-16(9-5-14)28(22,26)27)24-17(25)23-11-10-13-2-6-15(7-3-13)18(19,20)21/h2-9,12H,10-11H2,1H3,(H2,22,26,27)(H2,23,24,25)/t12-/m1/s1. The Bertz CT molecular complexity index is 912. The number of alkyl halides is 3. The molecule has 0 spiro atoms. The summed E-state index contributed by atoms with van der Waals surface area (Å²) in [6.45, 7) is 1.97. The summed E-state index contributed by atoms with van der Waals surface area (Å²) in [7, 11) is -3.78. The zero-order chi connectivity index (χ0) is 20.9. The summed E-state index contributed by atoms with van der Waals surface area (Å²) in [5.74, 6) is 0. The van der Waals surface area contributed by atoms with Gasteiger partial charge < -0.3 is 10.6 Å². The number of sulfonamides is 1. The first kappa shape index (κ1) is 21.7. The number of rotatable bonds is 6. The maximum atomic E-state index is 12.5. The van der Waals surface area contributed by atoms with Crippen molar-refractivity contribution in [3.8, 4) is 0 Å². The molecule has 2 amide bonds. The van der Waals surface area contributed by atoms with E-state index in [1.807, 2.05) is 0 Å². The maximum Gasteiger partial charge on any atom is 0.416 e. The summed E-state index contributed by atoms with van der Waals surface area (Å²) in [4.78, 5) is 11.9. The van der Waals surface area contributed by atoms with Crippen LogP contribution in [0.5, 0.6) is 0 Å². The lowest BCUT2D eigenvalue weighted by molar-refractivity contribution is -0.137. The average Bonchev–Trinajstić information content (AvgIpc) is 2.60. The zero-order valence-corrected chi connectivity index (χ0v) is 15.8. The summed E-state index contributed by atoms with van der Waals surface area (Å²) < 4.78 is 60.0. The third-order valence-corrected chi connectivity index (χ3v) is 4.97. The largest absolute Gasteiger partial charge is 0.416 e. The molecule has 0 aliphatic rings. The van der Waals surface area contributed by atoms with Crippen LogP contribution in [0.3, 0.4) is 0 Å². The fourth-order valence-electron chi connectivity index (χ4n) is 2.46. The summed E-state index contributed by atoms with van der Waals surface area (Å²) >= 11 is 0. The molecule has 10 heteroatoms. The molecule has 2 aromatic carbocycles. The molecule has 0 saturated heterocycles. The number of carbonyl (C=O) groups excluding carboxylic acids is 1. The monoisotopic (exact) mass is 415 g/mol. The second kappa shape index (κ2) is 8.61. The number of carbonyl (C=O) groups is 1. The molecule has 0 saturated carbocycles. The van der Waals surface area contributed by atoms with Crippen molar-refractivity contribution in [1.29, 1.82) is 0 Å². The molecule has 0 aliphatic heterocycles. The van der Waals surface area contributed by atoms with Crippen molar-refractivity contribution in [3.05, 3.63) is 65.2 Å². The Labute approximate surface area is 161 Å². The SMILES string of the molecule is C[C@@H](NC(=O)NCCc1ccc(C(F)(F)F)cc1)c1ccc(S(N)(=O)=O)cc1. The van der Waals surface area contributed by atoms with E-state index < -0.39 is 27.8 Å². The Morgan fingerprint density at radius 3 is 2.14 bits per heavy atom. The van der Waals surface area contributed by atoms with Crippen molar-refractivity contribution in [1.82, 2.24) is 10.6 Å². The lowest BCUT2D eigenvalue weighted by Gasteiger charge is -2.15. The van der Waals surface area contributed by atoms with Gasteiger partial charge in [0.15, 0.2) is 0 Å². The van der Waals surface area contributed by atoms with Gasteiger partial charge in [-0.05, 0) is 48.7 Å². The van der Waals surface area contributed by atoms with Gasteiger partial charge in [0.1, 0.15) is 0 Å². The van der Waals surface area contributed by atoms with Crippen LogP contribution in [-0.2, 0) is 22.6 Å². The summed E-state index contributed by atoms with van der Waals surface area (Å²) in [5, 5.41) is 10.3. The van der Waals surface area contributed by atoms with Crippen molar-refractivity contribution in [2.24, 2.45) is 5.14 Å². The summed E-state index contributed by atoms with van der Waals surface area (Å²) in [6.07, 6.45) is -4.00. The molecular formula is C18H20F3N3O3S. The Morgan fingerprint density at radius 1 is 1.07 bits per heavy atom. The predicted octanol–water partition coefficient (Wildman–Crippen LogP) is 2.96. The third-order valence-electron chi connectivity index (χ3n) is 4.04. The lowest BCUT2D eigenvalue weighted by Crippen LogP contribution is -2.38. The molecule has 1 atom stereocenters. The van der Waals surface area contributed by atoms with Crippen LogP contribution < -0.4 is 15.8 Å². The smallest absolute Gasteiger partial charge is 0.338 e. The number of benzene rings is 2. The van der Waals surface area contributed by atoms with Crippen molar-refractivity contribution < 1.29 is 26.4 Å². The Morgan fingerprint density at radius 2 is 1.64 bits per heavy atom. The van der Waals surface area contributed by atoms with Crippen LogP contribution in [-0.4, -0.2) is 21.0 Å². The molecule has 2 rings (SSSR count). The minimum Gasteiger partial charge on any atom is -0.338 e. The number of nitrogens with two attached hydrogens (primary N) is 1. The van der Waals surface area contributed by atoms with Gasteiger partial charge in [0.25, 0.3) is 0 Å². The Balaban J connectivity index is 1.82. The van der Waals surface area contributed by atoms with Crippen molar-refractivity contribution in [2.75, 3.05) is 6.54 Å². The van der Waals surface area contributed by atoms with Gasteiger partial charge in [-0.2, -0.15) is 13.2 Å². The molecule has 0 fully saturated rings. The van der Waals surface area contributed by atoms with E-state index in [9.17, 15) is 26.4 Å². The molecule has 2 aromatic rings. The normalized spacial score (nSPS) is 13.0. The highest BCUT2D eigenvalue weighted by Gasteiger charge is 2.29. The minimum atomic E-state index is -4.38. The van der Waals surface area contributed by atoms with Crippen LogP contribution in [0.15, 0.2) is 53.4 Å². The highest BCUT2D eigenvalue weighted by atomic mass is 32.2. The molecule has 0 radical (unpaired) electrons. The van der Waals surface area contributed by atoms with Gasteiger partial charge >= 0.3 is 12.2 Å². The lowest BCUT2D eigenvalue weighted by atomic mass is 10.1. The van der Waals surface area contributed by atoms with Crippen molar-refractivity contribution in [3.63, 3.8) is 0 Å². The highest BCUT2D eigenvalue weighted by molar-refractivity contribution is 7.89. The van der Waals surface area contributed by atoms with Crippen molar-refractivity contribution >= 4 is 16.1 Å².